The first kappa shape index (κ1) is 40.7. The molecular formula is C24H23F10N3O9S. The Morgan fingerprint density at radius 2 is 1.30 bits per heavy atom. The minimum Gasteiger partial charge on any atom is -0.475 e. The minimum atomic E-state index is -5.08. The van der Waals surface area contributed by atoms with Gasteiger partial charge in [0.2, 0.25) is 5.88 Å². The standard InChI is InChI=1S/C18H20FN3O3S.3C2HF3O2/c19-16-2-1-6-21-17(16)25-11-15-5-9-26(23,24)18(15)12-22(13-18)10-14-3-7-20-8-4-14;3*3-2(4,5)1(6)7/h1-4,6-8,15H,5,9-13H2;3*(H,6,7). The van der Waals surface area contributed by atoms with Gasteiger partial charge in [0.05, 0.1) is 12.4 Å². The maximum atomic E-state index is 13.7. The lowest BCUT2D eigenvalue weighted by Crippen LogP contribution is -2.67. The Hall–Kier alpha value is -4.28. The van der Waals surface area contributed by atoms with Crippen molar-refractivity contribution in [3.8, 4) is 5.88 Å². The van der Waals surface area contributed by atoms with Gasteiger partial charge in [-0.05, 0) is 36.2 Å². The summed E-state index contributed by atoms with van der Waals surface area (Å²) >= 11 is 0. The van der Waals surface area contributed by atoms with Crippen LogP contribution in [0, 0.1) is 11.7 Å². The number of rotatable bonds is 5. The SMILES string of the molecule is O=C(O)C(F)(F)F.O=C(O)C(F)(F)F.O=C(O)C(F)(F)F.O=S1(=O)CCC(COc2ncccc2F)C12CN(Cc1ccncc1)C2. The van der Waals surface area contributed by atoms with Crippen molar-refractivity contribution >= 4 is 27.7 Å². The average molecular weight is 720 g/mol. The highest BCUT2D eigenvalue weighted by Crippen LogP contribution is 2.45. The molecule has 12 nitrogen and oxygen atoms in total. The molecule has 1 atom stereocenters. The van der Waals surface area contributed by atoms with E-state index in [-0.39, 0.29) is 24.2 Å². The van der Waals surface area contributed by atoms with Gasteiger partial charge in [-0.1, -0.05) is 0 Å². The number of hydrogen-bond acceptors (Lipinski definition) is 9. The quantitative estimate of drug-likeness (QED) is 0.383. The van der Waals surface area contributed by atoms with E-state index in [1.807, 2.05) is 12.1 Å². The molecule has 0 amide bonds. The lowest BCUT2D eigenvalue weighted by Gasteiger charge is -2.50. The number of sulfone groups is 1. The van der Waals surface area contributed by atoms with Crippen LogP contribution in [0.3, 0.4) is 0 Å². The summed E-state index contributed by atoms with van der Waals surface area (Å²) in [5.41, 5.74) is 1.11. The van der Waals surface area contributed by atoms with Crippen LogP contribution in [-0.2, 0) is 30.8 Å². The number of hydrogen-bond donors (Lipinski definition) is 3. The van der Waals surface area contributed by atoms with Gasteiger partial charge < -0.3 is 20.1 Å². The minimum absolute atomic E-state index is 0.0695. The fraction of sp³-hybridized carbons (Fsp3) is 0.458. The van der Waals surface area contributed by atoms with Gasteiger partial charge in [0, 0.05) is 44.1 Å². The third kappa shape index (κ3) is 12.4. The molecular weight excluding hydrogens is 696 g/mol. The Labute approximate surface area is 257 Å². The summed E-state index contributed by atoms with van der Waals surface area (Å²) in [6, 6.07) is 6.63. The molecule has 1 unspecified atom stereocenters. The van der Waals surface area contributed by atoms with E-state index >= 15 is 0 Å². The van der Waals surface area contributed by atoms with Crippen LogP contribution in [0.15, 0.2) is 42.9 Å². The number of ether oxygens (including phenoxy) is 1. The first-order valence-electron chi connectivity index (χ1n) is 12.3. The highest BCUT2D eigenvalue weighted by atomic mass is 32.2. The molecule has 2 aliphatic rings. The van der Waals surface area contributed by atoms with Crippen molar-refractivity contribution in [2.24, 2.45) is 5.92 Å². The highest BCUT2D eigenvalue weighted by molar-refractivity contribution is 7.93. The van der Waals surface area contributed by atoms with Crippen LogP contribution in [0.4, 0.5) is 43.9 Å². The van der Waals surface area contributed by atoms with E-state index in [0.29, 0.717) is 26.1 Å². The topological polar surface area (TPSA) is 184 Å². The number of nitrogens with zero attached hydrogens (tertiary/aromatic N) is 3. The van der Waals surface area contributed by atoms with E-state index in [1.165, 1.54) is 18.3 Å². The second kappa shape index (κ2) is 16.0. The fourth-order valence-electron chi connectivity index (χ4n) is 3.93. The number of carboxylic acid groups (broad SMARTS) is 3. The van der Waals surface area contributed by atoms with Crippen molar-refractivity contribution in [3.05, 3.63) is 54.2 Å². The summed E-state index contributed by atoms with van der Waals surface area (Å²) in [5.74, 6) is -8.86. The van der Waals surface area contributed by atoms with E-state index in [0.717, 1.165) is 5.56 Å². The number of aliphatic carboxylic acids is 3. The summed E-state index contributed by atoms with van der Waals surface area (Å²) in [5, 5.41) is 21.4. The molecule has 2 aromatic heterocycles. The second-order valence-corrected chi connectivity index (χ2v) is 11.8. The molecule has 0 radical (unpaired) electrons. The predicted molar refractivity (Wildman–Crippen MR) is 135 cm³/mol. The van der Waals surface area contributed by atoms with Gasteiger partial charge in [-0.25, -0.2) is 32.2 Å². The van der Waals surface area contributed by atoms with Crippen molar-refractivity contribution in [3.63, 3.8) is 0 Å². The Bertz CT molecular complexity index is 1410. The monoisotopic (exact) mass is 719 g/mol. The summed E-state index contributed by atoms with van der Waals surface area (Å²) in [6.07, 6.45) is -9.79. The molecule has 0 aromatic carbocycles. The molecule has 4 rings (SSSR count). The van der Waals surface area contributed by atoms with E-state index < -0.39 is 56.8 Å². The highest BCUT2D eigenvalue weighted by Gasteiger charge is 2.61. The van der Waals surface area contributed by atoms with Crippen LogP contribution >= 0.6 is 0 Å². The Balaban J connectivity index is 0.000000430. The van der Waals surface area contributed by atoms with Gasteiger partial charge >= 0.3 is 36.4 Å². The number of pyridine rings is 2. The molecule has 2 fully saturated rings. The molecule has 2 aromatic rings. The summed E-state index contributed by atoms with van der Waals surface area (Å²) in [7, 11) is -3.19. The molecule has 2 aliphatic heterocycles. The summed E-state index contributed by atoms with van der Waals surface area (Å²) in [6.45, 7) is 1.82. The van der Waals surface area contributed by atoms with Gasteiger partial charge in [0.1, 0.15) is 4.75 Å². The molecule has 3 N–H and O–H groups in total. The first-order valence-corrected chi connectivity index (χ1v) is 14.0. The van der Waals surface area contributed by atoms with Crippen LogP contribution in [-0.4, -0.2) is 105 Å². The number of carboxylic acids is 3. The van der Waals surface area contributed by atoms with Crippen LogP contribution in [0.25, 0.3) is 0 Å². The Kier molecular flexibility index (Phi) is 13.9. The molecule has 1 spiro atoms. The van der Waals surface area contributed by atoms with E-state index in [1.54, 1.807) is 12.4 Å². The van der Waals surface area contributed by atoms with Crippen molar-refractivity contribution < 1.29 is 86.8 Å². The van der Waals surface area contributed by atoms with Gasteiger partial charge in [-0.2, -0.15) is 39.5 Å². The number of likely N-dealkylation sites (tertiary alicyclic amines) is 1. The zero-order valence-corrected chi connectivity index (χ0v) is 24.0. The zero-order chi connectivity index (χ0) is 36.4. The van der Waals surface area contributed by atoms with Gasteiger partial charge in [0.15, 0.2) is 15.7 Å². The average Bonchev–Trinajstić information content (AvgIpc) is 3.18. The molecule has 47 heavy (non-hydrogen) atoms. The number of carbonyl (C=O) groups is 3. The number of alkyl halides is 9. The molecule has 0 bridgehead atoms. The van der Waals surface area contributed by atoms with Crippen LogP contribution in [0.5, 0.6) is 5.88 Å². The van der Waals surface area contributed by atoms with E-state index in [2.05, 4.69) is 14.9 Å². The van der Waals surface area contributed by atoms with Gasteiger partial charge in [-0.15, -0.1) is 0 Å². The Morgan fingerprint density at radius 1 is 0.851 bits per heavy atom. The lowest BCUT2D eigenvalue weighted by molar-refractivity contribution is -0.193. The van der Waals surface area contributed by atoms with Gasteiger partial charge in [0.25, 0.3) is 0 Å². The third-order valence-electron chi connectivity index (χ3n) is 6.11. The number of halogens is 10. The summed E-state index contributed by atoms with van der Waals surface area (Å²) in [4.78, 5) is 36.7. The summed E-state index contributed by atoms with van der Waals surface area (Å²) < 4.78 is 139. The number of aromatic nitrogens is 2. The maximum Gasteiger partial charge on any atom is 0.490 e. The molecule has 2 saturated heterocycles. The zero-order valence-electron chi connectivity index (χ0n) is 23.2. The first-order chi connectivity index (χ1) is 21.3. The van der Waals surface area contributed by atoms with Crippen LogP contribution in [0.2, 0.25) is 0 Å². The predicted octanol–water partition coefficient (Wildman–Crippen LogP) is 3.58. The fourth-order valence-corrected chi connectivity index (χ4v) is 6.39. The molecule has 264 valence electrons. The van der Waals surface area contributed by atoms with Crippen molar-refractivity contribution in [2.45, 2.75) is 36.2 Å². The van der Waals surface area contributed by atoms with Crippen molar-refractivity contribution in [1.29, 1.82) is 0 Å². The van der Waals surface area contributed by atoms with E-state index in [9.17, 15) is 52.3 Å². The lowest BCUT2D eigenvalue weighted by atomic mass is 9.83. The van der Waals surface area contributed by atoms with Gasteiger partial charge in [-0.3, -0.25) is 9.88 Å². The normalized spacial score (nSPS) is 18.1. The van der Waals surface area contributed by atoms with Crippen molar-refractivity contribution in [1.82, 2.24) is 14.9 Å². The molecule has 0 aliphatic carbocycles. The molecule has 4 heterocycles. The third-order valence-corrected chi connectivity index (χ3v) is 8.71. The second-order valence-electron chi connectivity index (χ2n) is 9.38. The van der Waals surface area contributed by atoms with E-state index in [4.69, 9.17) is 34.4 Å². The largest absolute Gasteiger partial charge is 0.490 e. The Morgan fingerprint density at radius 3 is 1.70 bits per heavy atom. The smallest absolute Gasteiger partial charge is 0.475 e. The van der Waals surface area contributed by atoms with Crippen molar-refractivity contribution in [2.75, 3.05) is 25.4 Å². The maximum absolute atomic E-state index is 13.7. The van der Waals surface area contributed by atoms with Crippen LogP contribution in [0.1, 0.15) is 12.0 Å². The molecule has 0 saturated carbocycles. The molecule has 23 heteroatoms. The van der Waals surface area contributed by atoms with Crippen LogP contribution < -0.4 is 4.74 Å².